The second kappa shape index (κ2) is 10.9. The van der Waals surface area contributed by atoms with Crippen LogP contribution in [0.15, 0.2) is 78.9 Å². The van der Waals surface area contributed by atoms with Crippen molar-refractivity contribution in [3.8, 4) is 0 Å². The number of benzene rings is 3. The molecule has 2 N–H and O–H groups in total. The third-order valence-electron chi connectivity index (χ3n) is 5.07. The third kappa shape index (κ3) is 6.13. The van der Waals surface area contributed by atoms with Gasteiger partial charge < -0.3 is 15.4 Å². The number of ketones is 1. The van der Waals surface area contributed by atoms with Gasteiger partial charge in [-0.15, -0.1) is 0 Å². The Kier molecular flexibility index (Phi) is 7.70. The Morgan fingerprint density at radius 3 is 2.12 bits per heavy atom. The van der Waals surface area contributed by atoms with E-state index in [2.05, 4.69) is 15.4 Å². The lowest BCUT2D eigenvalue weighted by atomic mass is 9.98. The van der Waals surface area contributed by atoms with Gasteiger partial charge in [0.25, 0.3) is 0 Å². The zero-order valence-corrected chi connectivity index (χ0v) is 18.3. The van der Waals surface area contributed by atoms with Crippen LogP contribution in [0, 0.1) is 0 Å². The van der Waals surface area contributed by atoms with Gasteiger partial charge in [-0.05, 0) is 30.7 Å². The summed E-state index contributed by atoms with van der Waals surface area (Å²) in [7, 11) is 1.19. The monoisotopic (exact) mass is 444 g/mol. The summed E-state index contributed by atoms with van der Waals surface area (Å²) in [4.78, 5) is 49.5. The molecule has 2 amide bonds. The third-order valence-corrected chi connectivity index (χ3v) is 5.07. The summed E-state index contributed by atoms with van der Waals surface area (Å²) in [5.74, 6) is -2.28. The van der Waals surface area contributed by atoms with E-state index in [4.69, 9.17) is 0 Å². The Balaban J connectivity index is 1.90. The van der Waals surface area contributed by atoms with E-state index in [9.17, 15) is 19.2 Å². The number of ether oxygens (including phenoxy) is 1. The maximum absolute atomic E-state index is 13.2. The summed E-state index contributed by atoms with van der Waals surface area (Å²) in [6, 6.07) is 22.5. The number of hydrogen-bond donors (Lipinski definition) is 2. The van der Waals surface area contributed by atoms with Gasteiger partial charge in [0, 0.05) is 16.8 Å². The molecule has 0 saturated carbocycles. The summed E-state index contributed by atoms with van der Waals surface area (Å²) in [6.45, 7) is 1.78. The summed E-state index contributed by atoms with van der Waals surface area (Å²) in [5.41, 5.74) is 2.13. The highest BCUT2D eigenvalue weighted by Crippen LogP contribution is 2.26. The van der Waals surface area contributed by atoms with Crippen LogP contribution in [0.1, 0.15) is 40.7 Å². The molecule has 33 heavy (non-hydrogen) atoms. The van der Waals surface area contributed by atoms with Gasteiger partial charge in [-0.2, -0.15) is 0 Å². The van der Waals surface area contributed by atoms with Crippen LogP contribution in [0.5, 0.6) is 0 Å². The molecule has 0 aliphatic rings. The van der Waals surface area contributed by atoms with Crippen molar-refractivity contribution in [3.63, 3.8) is 0 Å². The number of carbonyl (C=O) groups excluding carboxylic acids is 4. The lowest BCUT2D eigenvalue weighted by molar-refractivity contribution is -0.142. The highest BCUT2D eigenvalue weighted by atomic mass is 16.5. The lowest BCUT2D eigenvalue weighted by Crippen LogP contribution is -2.21. The normalized spacial score (nSPS) is 11.2. The fourth-order valence-corrected chi connectivity index (χ4v) is 3.21. The van der Waals surface area contributed by atoms with Crippen molar-refractivity contribution in [2.24, 2.45) is 0 Å². The van der Waals surface area contributed by atoms with Crippen molar-refractivity contribution in [1.82, 2.24) is 0 Å². The van der Waals surface area contributed by atoms with E-state index in [0.717, 1.165) is 5.56 Å². The molecular formula is C26H24N2O5. The van der Waals surface area contributed by atoms with Crippen molar-refractivity contribution in [2.75, 3.05) is 17.7 Å². The van der Waals surface area contributed by atoms with Crippen LogP contribution in [0.25, 0.3) is 0 Å². The highest BCUT2D eigenvalue weighted by molar-refractivity contribution is 6.15. The van der Waals surface area contributed by atoms with Crippen molar-refractivity contribution in [2.45, 2.75) is 19.3 Å². The van der Waals surface area contributed by atoms with Gasteiger partial charge >= 0.3 is 5.97 Å². The van der Waals surface area contributed by atoms with Crippen LogP contribution in [0.2, 0.25) is 0 Å². The molecule has 0 saturated heterocycles. The molecule has 168 valence electrons. The van der Waals surface area contributed by atoms with E-state index in [1.54, 1.807) is 49.4 Å². The highest BCUT2D eigenvalue weighted by Gasteiger charge is 2.20. The van der Waals surface area contributed by atoms with Gasteiger partial charge in [-0.3, -0.25) is 19.2 Å². The summed E-state index contributed by atoms with van der Waals surface area (Å²) < 4.78 is 4.50. The van der Waals surface area contributed by atoms with Crippen LogP contribution < -0.4 is 10.6 Å². The Labute approximate surface area is 191 Å². The Hall–Kier alpha value is -4.26. The molecule has 3 rings (SSSR count). The molecule has 0 aliphatic heterocycles. The number of rotatable bonds is 8. The van der Waals surface area contributed by atoms with Gasteiger partial charge in [0.15, 0.2) is 5.78 Å². The number of esters is 1. The molecule has 1 unspecified atom stereocenters. The summed E-state index contributed by atoms with van der Waals surface area (Å²) >= 11 is 0. The SMILES string of the molecule is COC(=O)CC(=O)Nc1ccc(NC(=O)C(C)c2ccccc2)c(C(=O)c2ccccc2)c1. The quantitative estimate of drug-likeness (QED) is 0.309. The Bertz CT molecular complexity index is 1160. The van der Waals surface area contributed by atoms with Crippen molar-refractivity contribution >= 4 is 34.9 Å². The molecular weight excluding hydrogens is 420 g/mol. The van der Waals surface area contributed by atoms with Crippen molar-refractivity contribution in [1.29, 1.82) is 0 Å². The summed E-state index contributed by atoms with van der Waals surface area (Å²) in [5, 5.41) is 5.41. The smallest absolute Gasteiger partial charge is 0.315 e. The first-order chi connectivity index (χ1) is 15.9. The second-order valence-corrected chi connectivity index (χ2v) is 7.38. The Morgan fingerprint density at radius 1 is 0.848 bits per heavy atom. The summed E-state index contributed by atoms with van der Waals surface area (Å²) in [6.07, 6.45) is -0.453. The predicted octanol–water partition coefficient (Wildman–Crippen LogP) is 4.16. The zero-order chi connectivity index (χ0) is 23.8. The Morgan fingerprint density at radius 2 is 1.48 bits per heavy atom. The van der Waals surface area contributed by atoms with Crippen molar-refractivity contribution < 1.29 is 23.9 Å². The van der Waals surface area contributed by atoms with Gasteiger partial charge in [0.1, 0.15) is 6.42 Å². The number of anilines is 2. The number of amides is 2. The fourth-order valence-electron chi connectivity index (χ4n) is 3.21. The maximum atomic E-state index is 13.2. The van der Waals surface area contributed by atoms with Gasteiger partial charge in [0.05, 0.1) is 18.7 Å². The molecule has 0 aromatic heterocycles. The molecule has 1 atom stereocenters. The molecule has 0 fully saturated rings. The molecule has 0 spiro atoms. The molecule has 3 aromatic carbocycles. The van der Waals surface area contributed by atoms with E-state index >= 15 is 0 Å². The predicted molar refractivity (Wildman–Crippen MR) is 125 cm³/mol. The van der Waals surface area contributed by atoms with Crippen LogP contribution in [-0.4, -0.2) is 30.7 Å². The minimum Gasteiger partial charge on any atom is -0.469 e. The zero-order valence-electron chi connectivity index (χ0n) is 18.3. The fraction of sp³-hybridized carbons (Fsp3) is 0.154. The number of hydrogen-bond acceptors (Lipinski definition) is 5. The standard InChI is InChI=1S/C26H24N2O5/c1-17(18-9-5-3-6-10-18)26(32)28-22-14-13-20(27-23(29)16-24(30)33-2)15-21(22)25(31)19-11-7-4-8-12-19/h3-15,17H,16H2,1-2H3,(H,27,29)(H,28,32). The molecule has 0 radical (unpaired) electrons. The van der Waals surface area contributed by atoms with Crippen LogP contribution in [-0.2, 0) is 19.1 Å². The van der Waals surface area contributed by atoms with Crippen LogP contribution >= 0.6 is 0 Å². The van der Waals surface area contributed by atoms with E-state index < -0.39 is 24.2 Å². The van der Waals surface area contributed by atoms with Crippen molar-refractivity contribution in [3.05, 3.63) is 95.6 Å². The number of methoxy groups -OCH3 is 1. The molecule has 7 heteroatoms. The van der Waals surface area contributed by atoms with Crippen LogP contribution in [0.3, 0.4) is 0 Å². The van der Waals surface area contributed by atoms with E-state index in [-0.39, 0.29) is 17.3 Å². The van der Waals surface area contributed by atoms with Gasteiger partial charge in [-0.1, -0.05) is 60.7 Å². The van der Waals surface area contributed by atoms with Gasteiger partial charge in [0.2, 0.25) is 11.8 Å². The maximum Gasteiger partial charge on any atom is 0.315 e. The molecule has 0 aliphatic carbocycles. The number of carbonyl (C=O) groups is 4. The first-order valence-electron chi connectivity index (χ1n) is 10.4. The minimum atomic E-state index is -0.674. The molecule has 7 nitrogen and oxygen atoms in total. The average molecular weight is 444 g/mol. The topological polar surface area (TPSA) is 102 Å². The molecule has 3 aromatic rings. The minimum absolute atomic E-state index is 0.214. The average Bonchev–Trinajstić information content (AvgIpc) is 2.84. The molecule has 0 heterocycles. The largest absolute Gasteiger partial charge is 0.469 e. The van der Waals surface area contributed by atoms with Gasteiger partial charge in [-0.25, -0.2) is 0 Å². The molecule has 0 bridgehead atoms. The van der Waals surface area contributed by atoms with E-state index in [0.29, 0.717) is 16.9 Å². The first kappa shape index (κ1) is 23.4. The van der Waals surface area contributed by atoms with E-state index in [1.165, 1.54) is 13.2 Å². The van der Waals surface area contributed by atoms with Crippen LogP contribution in [0.4, 0.5) is 11.4 Å². The second-order valence-electron chi connectivity index (χ2n) is 7.38. The van der Waals surface area contributed by atoms with E-state index in [1.807, 2.05) is 30.3 Å². The number of nitrogens with one attached hydrogen (secondary N) is 2. The first-order valence-corrected chi connectivity index (χ1v) is 10.4. The lowest BCUT2D eigenvalue weighted by Gasteiger charge is -2.16.